The number of aromatic nitrogens is 5. The minimum Gasteiger partial charge on any atom is -0.353 e. The van der Waals surface area contributed by atoms with Gasteiger partial charge >= 0.3 is 0 Å². The Balaban J connectivity index is 1.39. The van der Waals surface area contributed by atoms with Crippen LogP contribution in [0.1, 0.15) is 17.0 Å². The fourth-order valence-electron chi connectivity index (χ4n) is 3.41. The fraction of sp³-hybridized carbons (Fsp3) is 0.368. The molecule has 4 heterocycles. The number of hydrogen-bond acceptors (Lipinski definition) is 6. The van der Waals surface area contributed by atoms with Gasteiger partial charge in [-0.3, -0.25) is 9.88 Å². The van der Waals surface area contributed by atoms with E-state index in [1.807, 2.05) is 36.9 Å². The molecule has 0 aliphatic carbocycles. The summed E-state index contributed by atoms with van der Waals surface area (Å²) in [5.74, 6) is 0.254. The number of pyridine rings is 1. The lowest BCUT2D eigenvalue weighted by atomic mass is 10.2. The molecule has 0 amide bonds. The van der Waals surface area contributed by atoms with Gasteiger partial charge in [-0.05, 0) is 32.0 Å². The van der Waals surface area contributed by atoms with Crippen molar-refractivity contribution in [2.45, 2.75) is 20.4 Å². The molecule has 1 aliphatic heterocycles. The number of anilines is 1. The highest BCUT2D eigenvalue weighted by molar-refractivity contribution is 5.40. The third kappa shape index (κ3) is 3.70. The van der Waals surface area contributed by atoms with Crippen molar-refractivity contribution in [1.29, 1.82) is 0 Å². The van der Waals surface area contributed by atoms with Crippen LogP contribution in [0.2, 0.25) is 0 Å². The van der Waals surface area contributed by atoms with Gasteiger partial charge in [-0.15, -0.1) is 10.2 Å². The highest BCUT2D eigenvalue weighted by atomic mass is 19.1. The number of aryl methyl sites for hydroxylation is 2. The van der Waals surface area contributed by atoms with Crippen LogP contribution >= 0.6 is 0 Å². The van der Waals surface area contributed by atoms with Crippen LogP contribution in [0, 0.1) is 25.5 Å². The normalized spacial score (nSPS) is 15.2. The molecule has 3 aromatic heterocycles. The predicted octanol–water partition coefficient (Wildman–Crippen LogP) is 2.27. The lowest BCUT2D eigenvalue weighted by Crippen LogP contribution is -2.46. The van der Waals surface area contributed by atoms with Crippen LogP contribution in [-0.2, 0) is 6.54 Å². The molecule has 3 aromatic rings. The number of piperazine rings is 1. The van der Waals surface area contributed by atoms with Gasteiger partial charge in [0.1, 0.15) is 11.6 Å². The molecule has 7 nitrogen and oxygen atoms in total. The Bertz CT molecular complexity index is 943. The van der Waals surface area contributed by atoms with Gasteiger partial charge in [-0.2, -0.15) is 5.10 Å². The molecule has 0 bridgehead atoms. The van der Waals surface area contributed by atoms with Crippen LogP contribution in [0.25, 0.3) is 5.82 Å². The van der Waals surface area contributed by atoms with Crippen molar-refractivity contribution in [3.05, 3.63) is 59.2 Å². The van der Waals surface area contributed by atoms with E-state index in [2.05, 4.69) is 25.2 Å². The third-order valence-electron chi connectivity index (χ3n) is 4.89. The van der Waals surface area contributed by atoms with E-state index in [-0.39, 0.29) is 12.1 Å². The summed E-state index contributed by atoms with van der Waals surface area (Å²) in [4.78, 5) is 7.67. The Kier molecular flexibility index (Phi) is 4.99. The number of nitrogens with zero attached hydrogens (tertiary/aromatic N) is 7. The summed E-state index contributed by atoms with van der Waals surface area (Å²) in [5, 5.41) is 13.0. The Morgan fingerprint density at radius 2 is 1.57 bits per heavy atom. The SMILES string of the molecule is Cc1cc(C)n(-c2ccc(N3CCN(Cc4c(F)cncc4F)CC3)nn2)n1. The van der Waals surface area contributed by atoms with Crippen LogP contribution in [0.5, 0.6) is 0 Å². The summed E-state index contributed by atoms with van der Waals surface area (Å²) in [6.45, 7) is 6.93. The molecule has 28 heavy (non-hydrogen) atoms. The second kappa shape index (κ2) is 7.59. The van der Waals surface area contributed by atoms with E-state index in [9.17, 15) is 8.78 Å². The van der Waals surface area contributed by atoms with Gasteiger partial charge in [-0.1, -0.05) is 0 Å². The lowest BCUT2D eigenvalue weighted by Gasteiger charge is -2.35. The van der Waals surface area contributed by atoms with Gasteiger partial charge in [0.05, 0.1) is 18.1 Å². The molecular formula is C19H21F2N7. The molecule has 0 N–H and O–H groups in total. The monoisotopic (exact) mass is 385 g/mol. The molecule has 1 aliphatic rings. The van der Waals surface area contributed by atoms with Crippen LogP contribution in [0.15, 0.2) is 30.6 Å². The fourth-order valence-corrected chi connectivity index (χ4v) is 3.41. The van der Waals surface area contributed by atoms with E-state index >= 15 is 0 Å². The van der Waals surface area contributed by atoms with Crippen LogP contribution < -0.4 is 4.90 Å². The summed E-state index contributed by atoms with van der Waals surface area (Å²) >= 11 is 0. The van der Waals surface area contributed by atoms with E-state index in [0.717, 1.165) is 29.6 Å². The second-order valence-corrected chi connectivity index (χ2v) is 6.93. The number of hydrogen-bond donors (Lipinski definition) is 0. The molecule has 0 aromatic carbocycles. The van der Waals surface area contributed by atoms with Crippen molar-refractivity contribution in [2.75, 3.05) is 31.1 Å². The lowest BCUT2D eigenvalue weighted by molar-refractivity contribution is 0.242. The smallest absolute Gasteiger partial charge is 0.176 e. The highest BCUT2D eigenvalue weighted by Gasteiger charge is 2.21. The summed E-state index contributed by atoms with van der Waals surface area (Å²) < 4.78 is 29.3. The molecule has 1 saturated heterocycles. The molecule has 9 heteroatoms. The average Bonchev–Trinajstić information content (AvgIpc) is 3.04. The van der Waals surface area contributed by atoms with E-state index in [4.69, 9.17) is 0 Å². The summed E-state index contributed by atoms with van der Waals surface area (Å²) in [6, 6.07) is 5.82. The molecule has 0 saturated carbocycles. The van der Waals surface area contributed by atoms with Crippen LogP contribution in [-0.4, -0.2) is 56.0 Å². The molecule has 1 fully saturated rings. The van der Waals surface area contributed by atoms with Gasteiger partial charge in [-0.25, -0.2) is 13.5 Å². The maximum absolute atomic E-state index is 13.8. The van der Waals surface area contributed by atoms with Crippen LogP contribution in [0.3, 0.4) is 0 Å². The molecular weight excluding hydrogens is 364 g/mol. The maximum atomic E-state index is 13.8. The summed E-state index contributed by atoms with van der Waals surface area (Å²) in [7, 11) is 0. The number of rotatable bonds is 4. The topological polar surface area (TPSA) is 63.0 Å². The van der Waals surface area contributed by atoms with Crippen molar-refractivity contribution in [3.8, 4) is 5.82 Å². The molecule has 0 atom stereocenters. The van der Waals surface area contributed by atoms with Gasteiger partial charge in [0.2, 0.25) is 0 Å². The standard InChI is InChI=1S/C19H21F2N7/c1-13-9-14(2)28(25-13)19-4-3-18(23-24-19)27-7-5-26(6-8-27)12-15-16(20)10-22-11-17(15)21/h3-4,9-11H,5-8,12H2,1-2H3. The Morgan fingerprint density at radius 1 is 0.929 bits per heavy atom. The predicted molar refractivity (Wildman–Crippen MR) is 100 cm³/mol. The minimum atomic E-state index is -0.604. The first-order valence-electron chi connectivity index (χ1n) is 9.14. The van der Waals surface area contributed by atoms with E-state index < -0.39 is 11.6 Å². The van der Waals surface area contributed by atoms with E-state index in [1.165, 1.54) is 0 Å². The minimum absolute atomic E-state index is 0.0671. The zero-order valence-electron chi connectivity index (χ0n) is 15.8. The molecule has 4 rings (SSSR count). The zero-order chi connectivity index (χ0) is 19.7. The zero-order valence-corrected chi connectivity index (χ0v) is 15.8. The molecule has 0 unspecified atom stereocenters. The molecule has 146 valence electrons. The first-order chi connectivity index (χ1) is 13.5. The van der Waals surface area contributed by atoms with Crippen molar-refractivity contribution in [1.82, 2.24) is 29.9 Å². The van der Waals surface area contributed by atoms with Gasteiger partial charge in [0.15, 0.2) is 11.6 Å². The Morgan fingerprint density at radius 3 is 2.14 bits per heavy atom. The van der Waals surface area contributed by atoms with Gasteiger partial charge in [0, 0.05) is 44.0 Å². The van der Waals surface area contributed by atoms with Crippen molar-refractivity contribution in [2.24, 2.45) is 0 Å². The molecule has 0 radical (unpaired) electrons. The average molecular weight is 385 g/mol. The van der Waals surface area contributed by atoms with Crippen LogP contribution in [0.4, 0.5) is 14.6 Å². The quantitative estimate of drug-likeness (QED) is 0.687. The van der Waals surface area contributed by atoms with Crippen molar-refractivity contribution < 1.29 is 8.78 Å². The Labute approximate surface area is 161 Å². The van der Waals surface area contributed by atoms with E-state index in [0.29, 0.717) is 32.0 Å². The largest absolute Gasteiger partial charge is 0.353 e. The van der Waals surface area contributed by atoms with Crippen molar-refractivity contribution >= 4 is 5.82 Å². The first-order valence-corrected chi connectivity index (χ1v) is 9.14. The molecule has 0 spiro atoms. The maximum Gasteiger partial charge on any atom is 0.176 e. The first kappa shape index (κ1) is 18.4. The second-order valence-electron chi connectivity index (χ2n) is 6.93. The van der Waals surface area contributed by atoms with Crippen molar-refractivity contribution in [3.63, 3.8) is 0 Å². The van der Waals surface area contributed by atoms with E-state index in [1.54, 1.807) is 4.68 Å². The highest BCUT2D eigenvalue weighted by Crippen LogP contribution is 2.18. The summed E-state index contributed by atoms with van der Waals surface area (Å²) in [6.07, 6.45) is 2.10. The van der Waals surface area contributed by atoms with Gasteiger partial charge in [0.25, 0.3) is 0 Å². The van der Waals surface area contributed by atoms with Gasteiger partial charge < -0.3 is 4.90 Å². The summed E-state index contributed by atoms with van der Waals surface area (Å²) in [5.41, 5.74) is 2.00. The third-order valence-corrected chi connectivity index (χ3v) is 4.89. The number of halogens is 2. The Hall–Kier alpha value is -2.94.